The third-order valence-electron chi connectivity index (χ3n) is 4.66. The fourth-order valence-electron chi connectivity index (χ4n) is 2.84. The Labute approximate surface area is 182 Å². The molecule has 0 radical (unpaired) electrons. The van der Waals surface area contributed by atoms with Crippen molar-refractivity contribution in [2.45, 2.75) is 50.7 Å². The highest BCUT2D eigenvalue weighted by Gasteiger charge is 2.18. The molecule has 31 heavy (non-hydrogen) atoms. The summed E-state index contributed by atoms with van der Waals surface area (Å²) in [6.45, 7) is 3.46. The molecule has 0 saturated heterocycles. The molecule has 6 nitrogen and oxygen atoms in total. The fourth-order valence-corrected chi connectivity index (χ4v) is 3.87. The Hall–Kier alpha value is -2.52. The number of halogens is 2. The van der Waals surface area contributed by atoms with Crippen molar-refractivity contribution in [2.75, 3.05) is 13.6 Å². The molecule has 2 aromatic carbocycles. The van der Waals surface area contributed by atoms with Crippen LogP contribution in [0.15, 0.2) is 53.4 Å². The number of amides is 1. The average Bonchev–Trinajstić information content (AvgIpc) is 2.68. The van der Waals surface area contributed by atoms with E-state index >= 15 is 0 Å². The first-order valence-corrected chi connectivity index (χ1v) is 11.2. The molecule has 0 aromatic heterocycles. The van der Waals surface area contributed by atoms with Gasteiger partial charge in [0.15, 0.2) is 0 Å². The summed E-state index contributed by atoms with van der Waals surface area (Å²) in [7, 11) is -2.12. The molecular formula is C22H28F2N2O4S. The lowest BCUT2D eigenvalue weighted by molar-refractivity contribution is -0.130. The van der Waals surface area contributed by atoms with Crippen molar-refractivity contribution in [2.24, 2.45) is 0 Å². The van der Waals surface area contributed by atoms with Crippen molar-refractivity contribution >= 4 is 15.9 Å². The Balaban J connectivity index is 1.86. The molecule has 0 heterocycles. The van der Waals surface area contributed by atoms with Crippen LogP contribution in [0.25, 0.3) is 0 Å². The lowest BCUT2D eigenvalue weighted by Gasteiger charge is -2.19. The summed E-state index contributed by atoms with van der Waals surface area (Å²) in [6, 6.07) is 12.7. The van der Waals surface area contributed by atoms with Gasteiger partial charge in [0.25, 0.3) is 0 Å². The second kappa shape index (κ2) is 10.2. The smallest absolute Gasteiger partial charge is 0.387 e. The number of alkyl halides is 2. The zero-order valence-corrected chi connectivity index (χ0v) is 18.9. The minimum Gasteiger partial charge on any atom is -0.435 e. The minimum absolute atomic E-state index is 0.0115. The van der Waals surface area contributed by atoms with Gasteiger partial charge in [-0.3, -0.25) is 4.79 Å². The lowest BCUT2D eigenvalue weighted by atomic mass is 9.87. The van der Waals surface area contributed by atoms with Crippen LogP contribution in [0.3, 0.4) is 0 Å². The van der Waals surface area contributed by atoms with Gasteiger partial charge in [-0.1, -0.05) is 45.0 Å². The molecule has 9 heteroatoms. The quantitative estimate of drug-likeness (QED) is 0.623. The van der Waals surface area contributed by atoms with Crippen LogP contribution in [-0.2, 0) is 26.8 Å². The second-order valence-electron chi connectivity index (χ2n) is 8.19. The Bertz CT molecular complexity index is 970. The molecule has 1 N–H and O–H groups in total. The summed E-state index contributed by atoms with van der Waals surface area (Å²) in [4.78, 5) is 13.9. The van der Waals surface area contributed by atoms with Crippen molar-refractivity contribution in [1.29, 1.82) is 0 Å². The Morgan fingerprint density at radius 2 is 1.65 bits per heavy atom. The van der Waals surface area contributed by atoms with Gasteiger partial charge in [0.05, 0.1) is 4.90 Å². The van der Waals surface area contributed by atoms with E-state index in [0.717, 1.165) is 11.1 Å². The van der Waals surface area contributed by atoms with Gasteiger partial charge in [-0.2, -0.15) is 8.78 Å². The molecule has 2 rings (SSSR count). The first-order valence-electron chi connectivity index (χ1n) is 9.76. The van der Waals surface area contributed by atoms with Crippen molar-refractivity contribution in [3.8, 4) is 5.75 Å². The summed E-state index contributed by atoms with van der Waals surface area (Å²) < 4.78 is 56.0. The number of sulfonamides is 1. The molecule has 2 aromatic rings. The van der Waals surface area contributed by atoms with Gasteiger partial charge in [0.1, 0.15) is 5.75 Å². The zero-order valence-electron chi connectivity index (χ0n) is 18.1. The Morgan fingerprint density at radius 1 is 1.06 bits per heavy atom. The predicted molar refractivity (Wildman–Crippen MR) is 114 cm³/mol. The van der Waals surface area contributed by atoms with E-state index in [1.807, 2.05) is 20.8 Å². The molecule has 170 valence electrons. The van der Waals surface area contributed by atoms with Gasteiger partial charge in [-0.05, 0) is 40.8 Å². The first-order chi connectivity index (χ1) is 14.4. The van der Waals surface area contributed by atoms with Crippen LogP contribution < -0.4 is 9.46 Å². The van der Waals surface area contributed by atoms with Crippen molar-refractivity contribution in [3.05, 3.63) is 59.7 Å². The number of ether oxygens (including phenoxy) is 1. The normalized spacial score (nSPS) is 12.1. The molecule has 0 atom stereocenters. The molecule has 0 bridgehead atoms. The van der Waals surface area contributed by atoms with Crippen LogP contribution in [0.1, 0.15) is 38.3 Å². The number of hydrogen-bond acceptors (Lipinski definition) is 4. The highest BCUT2D eigenvalue weighted by atomic mass is 32.2. The van der Waals surface area contributed by atoms with Gasteiger partial charge in [0.2, 0.25) is 15.9 Å². The summed E-state index contributed by atoms with van der Waals surface area (Å²) >= 11 is 0. The van der Waals surface area contributed by atoms with Gasteiger partial charge in [-0.15, -0.1) is 0 Å². The van der Waals surface area contributed by atoms with E-state index in [1.165, 1.54) is 17.0 Å². The molecular weight excluding hydrogens is 426 g/mol. The molecule has 0 aliphatic heterocycles. The highest BCUT2D eigenvalue weighted by Crippen LogP contribution is 2.23. The van der Waals surface area contributed by atoms with Crippen molar-refractivity contribution in [3.63, 3.8) is 0 Å². The second-order valence-corrected chi connectivity index (χ2v) is 9.96. The predicted octanol–water partition coefficient (Wildman–Crippen LogP) is 3.91. The van der Waals surface area contributed by atoms with Crippen LogP contribution in [0.4, 0.5) is 8.78 Å². The Kier molecular flexibility index (Phi) is 8.14. The fraction of sp³-hybridized carbons (Fsp3) is 0.409. The topological polar surface area (TPSA) is 75.7 Å². The third kappa shape index (κ3) is 7.59. The third-order valence-corrected chi connectivity index (χ3v) is 6.13. The number of carbonyl (C=O) groups is 1. The van der Waals surface area contributed by atoms with Crippen LogP contribution in [0.2, 0.25) is 0 Å². The summed E-state index contributed by atoms with van der Waals surface area (Å²) in [5.74, 6) is -0.212. The average molecular weight is 455 g/mol. The summed E-state index contributed by atoms with van der Waals surface area (Å²) in [5.41, 5.74) is 1.68. The SMILES string of the molecule is CN(Cc1ccc(OC(F)F)cc1)C(=O)CCNS(=O)(=O)c1ccc(C(C)(C)C)cc1. The van der Waals surface area contributed by atoms with Gasteiger partial charge >= 0.3 is 6.61 Å². The van der Waals surface area contributed by atoms with Crippen LogP contribution in [0, 0.1) is 0 Å². The van der Waals surface area contributed by atoms with Crippen LogP contribution in [0.5, 0.6) is 5.75 Å². The number of nitrogens with one attached hydrogen (secondary N) is 1. The van der Waals surface area contributed by atoms with E-state index in [-0.39, 0.29) is 41.5 Å². The van der Waals surface area contributed by atoms with Gasteiger partial charge < -0.3 is 9.64 Å². The maximum atomic E-state index is 12.4. The first kappa shape index (κ1) is 24.7. The molecule has 0 aliphatic rings. The van der Waals surface area contributed by atoms with Gasteiger partial charge in [-0.25, -0.2) is 13.1 Å². The number of nitrogens with zero attached hydrogens (tertiary/aromatic N) is 1. The molecule has 0 aliphatic carbocycles. The number of benzene rings is 2. The van der Waals surface area contributed by atoms with E-state index in [9.17, 15) is 22.0 Å². The maximum absolute atomic E-state index is 12.4. The summed E-state index contributed by atoms with van der Waals surface area (Å²) in [6.07, 6.45) is -0.0115. The molecule has 0 saturated carbocycles. The molecule has 0 fully saturated rings. The minimum atomic E-state index is -3.71. The van der Waals surface area contributed by atoms with E-state index < -0.39 is 16.6 Å². The van der Waals surface area contributed by atoms with E-state index in [1.54, 1.807) is 43.4 Å². The van der Waals surface area contributed by atoms with Crippen molar-refractivity contribution < 1.29 is 26.7 Å². The largest absolute Gasteiger partial charge is 0.435 e. The standard InChI is InChI=1S/C22H28F2N2O4S/c1-22(2,3)17-7-11-19(12-8-17)31(28,29)25-14-13-20(27)26(4)15-16-5-9-18(10-6-16)30-21(23)24/h5-12,21,25H,13-15H2,1-4H3. The maximum Gasteiger partial charge on any atom is 0.387 e. The molecule has 0 unspecified atom stereocenters. The highest BCUT2D eigenvalue weighted by molar-refractivity contribution is 7.89. The number of hydrogen-bond donors (Lipinski definition) is 1. The van der Waals surface area contributed by atoms with E-state index in [0.29, 0.717) is 0 Å². The molecule has 1 amide bonds. The summed E-state index contributed by atoms with van der Waals surface area (Å²) in [5, 5.41) is 0. The number of carbonyl (C=O) groups excluding carboxylic acids is 1. The zero-order chi connectivity index (χ0) is 23.2. The lowest BCUT2D eigenvalue weighted by Crippen LogP contribution is -2.32. The van der Waals surface area contributed by atoms with Crippen LogP contribution in [-0.4, -0.2) is 39.4 Å². The molecule has 0 spiro atoms. The van der Waals surface area contributed by atoms with E-state index in [2.05, 4.69) is 9.46 Å². The Morgan fingerprint density at radius 3 is 2.16 bits per heavy atom. The number of rotatable bonds is 9. The van der Waals surface area contributed by atoms with Gasteiger partial charge in [0, 0.05) is 26.6 Å². The van der Waals surface area contributed by atoms with Crippen LogP contribution >= 0.6 is 0 Å². The van der Waals surface area contributed by atoms with Crippen molar-refractivity contribution in [1.82, 2.24) is 9.62 Å². The monoisotopic (exact) mass is 454 g/mol. The van der Waals surface area contributed by atoms with E-state index in [4.69, 9.17) is 0 Å².